The molecule has 1 aliphatic carbocycles. The van der Waals surface area contributed by atoms with Gasteiger partial charge in [-0.1, -0.05) is 19.3 Å². The van der Waals surface area contributed by atoms with Crippen LogP contribution in [0.25, 0.3) is 0 Å². The minimum atomic E-state index is -0.471. The van der Waals surface area contributed by atoms with Crippen LogP contribution in [-0.2, 0) is 11.2 Å². The van der Waals surface area contributed by atoms with Gasteiger partial charge in [-0.2, -0.15) is 0 Å². The van der Waals surface area contributed by atoms with Crippen LogP contribution in [0.2, 0.25) is 0 Å². The monoisotopic (exact) mass is 327 g/mol. The molecule has 1 atom stereocenters. The molecule has 0 aliphatic heterocycles. The molecule has 1 N–H and O–H groups in total. The fourth-order valence-corrected chi connectivity index (χ4v) is 3.16. The number of aliphatic hydroxyl groups excluding tert-OH is 1. The Morgan fingerprint density at radius 1 is 1.37 bits per heavy atom. The normalized spacial score (nSPS) is 20.2. The zero-order valence-corrected chi connectivity index (χ0v) is 13.0. The molecule has 0 aromatic carbocycles. The SMILES string of the molecule is CCOC1(C(O)Cc2ccc(Br)cn2)CCCCC1. The highest BCUT2D eigenvalue weighted by molar-refractivity contribution is 9.10. The third-order valence-electron chi connectivity index (χ3n) is 3.93. The van der Waals surface area contributed by atoms with Crippen molar-refractivity contribution in [2.45, 2.75) is 57.2 Å². The third kappa shape index (κ3) is 3.77. The van der Waals surface area contributed by atoms with Gasteiger partial charge in [0.05, 0.1) is 11.7 Å². The van der Waals surface area contributed by atoms with Crippen molar-refractivity contribution in [3.8, 4) is 0 Å². The van der Waals surface area contributed by atoms with Gasteiger partial charge >= 0.3 is 0 Å². The van der Waals surface area contributed by atoms with E-state index in [0.29, 0.717) is 13.0 Å². The first kappa shape index (κ1) is 14.9. The van der Waals surface area contributed by atoms with E-state index < -0.39 is 6.10 Å². The van der Waals surface area contributed by atoms with E-state index in [1.54, 1.807) is 6.20 Å². The highest BCUT2D eigenvalue weighted by Gasteiger charge is 2.39. The lowest BCUT2D eigenvalue weighted by molar-refractivity contribution is -0.139. The molecule has 0 radical (unpaired) electrons. The zero-order valence-electron chi connectivity index (χ0n) is 11.4. The molecule has 1 fully saturated rings. The number of ether oxygens (including phenoxy) is 1. The molecule has 1 heterocycles. The summed E-state index contributed by atoms with van der Waals surface area (Å²) in [7, 11) is 0. The zero-order chi connectivity index (χ0) is 13.7. The second-order valence-corrected chi connectivity index (χ2v) is 6.16. The maximum Gasteiger partial charge on any atom is 0.0943 e. The Morgan fingerprint density at radius 3 is 2.68 bits per heavy atom. The van der Waals surface area contributed by atoms with Crippen LogP contribution in [0.3, 0.4) is 0 Å². The number of hydrogen-bond acceptors (Lipinski definition) is 3. The molecular formula is C15H22BrNO2. The van der Waals surface area contributed by atoms with Gasteiger partial charge in [0.1, 0.15) is 0 Å². The average molecular weight is 328 g/mol. The molecule has 1 aliphatic rings. The van der Waals surface area contributed by atoms with E-state index in [-0.39, 0.29) is 5.60 Å². The van der Waals surface area contributed by atoms with Crippen LogP contribution in [0.5, 0.6) is 0 Å². The number of pyridine rings is 1. The molecule has 2 rings (SSSR count). The van der Waals surface area contributed by atoms with Crippen molar-refractivity contribution < 1.29 is 9.84 Å². The summed E-state index contributed by atoms with van der Waals surface area (Å²) in [6, 6.07) is 3.92. The minimum absolute atomic E-state index is 0.359. The predicted octanol–water partition coefficient (Wildman–Crippen LogP) is 3.49. The molecule has 1 saturated carbocycles. The quantitative estimate of drug-likeness (QED) is 0.900. The van der Waals surface area contributed by atoms with Crippen LogP contribution in [0, 0.1) is 0 Å². The van der Waals surface area contributed by atoms with E-state index in [9.17, 15) is 5.11 Å². The van der Waals surface area contributed by atoms with E-state index in [4.69, 9.17) is 4.74 Å². The smallest absolute Gasteiger partial charge is 0.0943 e. The maximum absolute atomic E-state index is 10.6. The fraction of sp³-hybridized carbons (Fsp3) is 0.667. The first-order valence-electron chi connectivity index (χ1n) is 7.09. The Bertz CT molecular complexity index is 382. The number of aliphatic hydroxyl groups is 1. The minimum Gasteiger partial charge on any atom is -0.390 e. The van der Waals surface area contributed by atoms with Crippen LogP contribution in [0.1, 0.15) is 44.7 Å². The highest BCUT2D eigenvalue weighted by atomic mass is 79.9. The lowest BCUT2D eigenvalue weighted by atomic mass is 9.79. The van der Waals surface area contributed by atoms with Gasteiger partial charge in [-0.05, 0) is 47.8 Å². The molecule has 3 nitrogen and oxygen atoms in total. The van der Waals surface area contributed by atoms with Gasteiger partial charge in [0.25, 0.3) is 0 Å². The Labute approximate surface area is 123 Å². The fourth-order valence-electron chi connectivity index (χ4n) is 2.92. The number of hydrogen-bond donors (Lipinski definition) is 1. The molecule has 1 aromatic heterocycles. The molecular weight excluding hydrogens is 306 g/mol. The summed E-state index contributed by atoms with van der Waals surface area (Å²) in [6.45, 7) is 2.66. The predicted molar refractivity (Wildman–Crippen MR) is 79.1 cm³/mol. The topological polar surface area (TPSA) is 42.4 Å². The van der Waals surface area contributed by atoms with Gasteiger partial charge in [0, 0.05) is 29.4 Å². The van der Waals surface area contributed by atoms with Crippen LogP contribution in [0.15, 0.2) is 22.8 Å². The average Bonchev–Trinajstić information content (AvgIpc) is 2.43. The van der Waals surface area contributed by atoms with Gasteiger partial charge in [0.2, 0.25) is 0 Å². The summed E-state index contributed by atoms with van der Waals surface area (Å²) in [4.78, 5) is 4.34. The Balaban J connectivity index is 2.06. The van der Waals surface area contributed by atoms with Crippen LogP contribution in [-0.4, -0.2) is 28.4 Å². The second kappa shape index (κ2) is 6.82. The summed E-state index contributed by atoms with van der Waals surface area (Å²) >= 11 is 3.37. The Kier molecular flexibility index (Phi) is 5.37. The van der Waals surface area contributed by atoms with Crippen molar-refractivity contribution in [2.75, 3.05) is 6.61 Å². The molecule has 4 heteroatoms. The van der Waals surface area contributed by atoms with E-state index in [0.717, 1.165) is 35.8 Å². The van der Waals surface area contributed by atoms with Crippen molar-refractivity contribution in [1.82, 2.24) is 4.98 Å². The Hall–Kier alpha value is -0.450. The number of halogens is 1. The van der Waals surface area contributed by atoms with Crippen molar-refractivity contribution in [3.63, 3.8) is 0 Å². The number of aromatic nitrogens is 1. The molecule has 1 unspecified atom stereocenters. The highest BCUT2D eigenvalue weighted by Crippen LogP contribution is 2.35. The summed E-state index contributed by atoms with van der Waals surface area (Å²) in [5.74, 6) is 0. The maximum atomic E-state index is 10.6. The van der Waals surface area contributed by atoms with E-state index >= 15 is 0 Å². The molecule has 0 saturated heterocycles. The van der Waals surface area contributed by atoms with Crippen molar-refractivity contribution in [2.24, 2.45) is 0 Å². The van der Waals surface area contributed by atoms with E-state index in [1.807, 2.05) is 19.1 Å². The summed E-state index contributed by atoms with van der Waals surface area (Å²) < 4.78 is 6.90. The van der Waals surface area contributed by atoms with E-state index in [2.05, 4.69) is 20.9 Å². The second-order valence-electron chi connectivity index (χ2n) is 5.25. The molecule has 0 bridgehead atoms. The van der Waals surface area contributed by atoms with Crippen molar-refractivity contribution >= 4 is 15.9 Å². The van der Waals surface area contributed by atoms with Crippen LogP contribution >= 0.6 is 15.9 Å². The van der Waals surface area contributed by atoms with Gasteiger partial charge in [-0.3, -0.25) is 4.98 Å². The first-order valence-corrected chi connectivity index (χ1v) is 7.88. The van der Waals surface area contributed by atoms with Gasteiger partial charge in [-0.25, -0.2) is 0 Å². The lowest BCUT2D eigenvalue weighted by Crippen LogP contribution is -2.47. The van der Waals surface area contributed by atoms with Gasteiger partial charge in [-0.15, -0.1) is 0 Å². The van der Waals surface area contributed by atoms with Crippen molar-refractivity contribution in [1.29, 1.82) is 0 Å². The van der Waals surface area contributed by atoms with Crippen molar-refractivity contribution in [3.05, 3.63) is 28.5 Å². The standard InChI is InChI=1S/C15H22BrNO2/c1-2-19-15(8-4-3-5-9-15)14(18)10-13-7-6-12(16)11-17-13/h6-7,11,14,18H,2-5,8-10H2,1H3. The van der Waals surface area contributed by atoms with Crippen LogP contribution in [0.4, 0.5) is 0 Å². The van der Waals surface area contributed by atoms with E-state index in [1.165, 1.54) is 6.42 Å². The van der Waals surface area contributed by atoms with Crippen LogP contribution < -0.4 is 0 Å². The molecule has 0 amide bonds. The summed E-state index contributed by atoms with van der Waals surface area (Å²) in [6.07, 6.45) is 7.32. The summed E-state index contributed by atoms with van der Waals surface area (Å²) in [5, 5.41) is 10.6. The first-order chi connectivity index (χ1) is 9.16. The number of rotatable bonds is 5. The summed E-state index contributed by atoms with van der Waals surface area (Å²) in [5.41, 5.74) is 0.558. The molecule has 106 valence electrons. The Morgan fingerprint density at radius 2 is 2.11 bits per heavy atom. The van der Waals surface area contributed by atoms with Gasteiger partial charge in [0.15, 0.2) is 0 Å². The molecule has 0 spiro atoms. The van der Waals surface area contributed by atoms with Gasteiger partial charge < -0.3 is 9.84 Å². The lowest BCUT2D eigenvalue weighted by Gasteiger charge is -2.40. The third-order valence-corrected chi connectivity index (χ3v) is 4.40. The molecule has 1 aromatic rings. The molecule has 19 heavy (non-hydrogen) atoms. The largest absolute Gasteiger partial charge is 0.390 e. The number of nitrogens with zero attached hydrogens (tertiary/aromatic N) is 1.